The molecule has 23 heavy (non-hydrogen) atoms. The zero-order valence-corrected chi connectivity index (χ0v) is 15.5. The summed E-state index contributed by atoms with van der Waals surface area (Å²) in [5.41, 5.74) is 6.88. The van der Waals surface area contributed by atoms with Crippen LogP contribution >= 0.6 is 39.7 Å². The first-order chi connectivity index (χ1) is 10.6. The van der Waals surface area contributed by atoms with Gasteiger partial charge in [-0.05, 0) is 37.5 Å². The van der Waals surface area contributed by atoms with Crippen molar-refractivity contribution < 1.29 is 4.52 Å². The van der Waals surface area contributed by atoms with Crippen molar-refractivity contribution in [3.05, 3.63) is 39.4 Å². The lowest BCUT2D eigenvalue weighted by molar-refractivity contribution is 0.229. The molecule has 2 aromatic heterocycles. The maximum Gasteiger partial charge on any atom is 0.227 e. The van der Waals surface area contributed by atoms with Gasteiger partial charge < -0.3 is 10.3 Å². The lowest BCUT2D eigenvalue weighted by atomic mass is 9.77. The normalized spacial score (nSPS) is 16.1. The van der Waals surface area contributed by atoms with E-state index in [1.165, 1.54) is 4.70 Å². The summed E-state index contributed by atoms with van der Waals surface area (Å²) in [7, 11) is 0. The molecule has 0 saturated heterocycles. The molecule has 0 amide bonds. The second kappa shape index (κ2) is 6.47. The molecule has 122 valence electrons. The van der Waals surface area contributed by atoms with Crippen LogP contribution in [0.4, 0.5) is 0 Å². The number of nitrogens with two attached hydrogens (primary N) is 1. The van der Waals surface area contributed by atoms with Crippen LogP contribution in [0.5, 0.6) is 0 Å². The monoisotopic (exact) mass is 414 g/mol. The molecule has 3 aromatic rings. The van der Waals surface area contributed by atoms with Gasteiger partial charge in [0, 0.05) is 17.3 Å². The minimum Gasteiger partial charge on any atom is -0.339 e. The van der Waals surface area contributed by atoms with Crippen molar-refractivity contribution in [3.8, 4) is 0 Å². The van der Waals surface area contributed by atoms with E-state index in [-0.39, 0.29) is 17.9 Å². The Morgan fingerprint density at radius 2 is 2.09 bits per heavy atom. The van der Waals surface area contributed by atoms with Gasteiger partial charge in [-0.15, -0.1) is 23.7 Å². The molecule has 0 unspecified atom stereocenters. The number of hydrogen-bond donors (Lipinski definition) is 1. The molecule has 0 radical (unpaired) electrons. The largest absolute Gasteiger partial charge is 0.339 e. The summed E-state index contributed by atoms with van der Waals surface area (Å²) in [6.45, 7) is 0. The van der Waals surface area contributed by atoms with Gasteiger partial charge in [0.1, 0.15) is 0 Å². The van der Waals surface area contributed by atoms with Gasteiger partial charge in [-0.25, -0.2) is 4.98 Å². The van der Waals surface area contributed by atoms with Gasteiger partial charge in [-0.1, -0.05) is 21.1 Å². The summed E-state index contributed by atoms with van der Waals surface area (Å²) in [5.74, 6) is 1.30. The van der Waals surface area contributed by atoms with Crippen molar-refractivity contribution in [2.75, 3.05) is 0 Å². The number of hydrogen-bond acceptors (Lipinski definition) is 6. The first kappa shape index (κ1) is 16.8. The predicted molar refractivity (Wildman–Crippen MR) is 96.0 cm³/mol. The van der Waals surface area contributed by atoms with Crippen molar-refractivity contribution in [1.29, 1.82) is 0 Å². The van der Waals surface area contributed by atoms with E-state index in [0.717, 1.165) is 40.7 Å². The third kappa shape index (κ3) is 3.28. The Morgan fingerprint density at radius 3 is 2.83 bits per heavy atom. The molecule has 2 heterocycles. The topological polar surface area (TPSA) is 77.8 Å². The van der Waals surface area contributed by atoms with E-state index in [1.807, 2.05) is 12.1 Å². The van der Waals surface area contributed by atoms with Crippen molar-refractivity contribution in [2.45, 2.75) is 37.6 Å². The average molecular weight is 416 g/mol. The van der Waals surface area contributed by atoms with Crippen LogP contribution in [0.3, 0.4) is 0 Å². The molecule has 1 aliphatic carbocycles. The van der Waals surface area contributed by atoms with E-state index in [4.69, 9.17) is 10.3 Å². The molecule has 1 aromatic carbocycles. The van der Waals surface area contributed by atoms with Gasteiger partial charge in [0.2, 0.25) is 5.89 Å². The second-order valence-electron chi connectivity index (χ2n) is 5.74. The summed E-state index contributed by atoms with van der Waals surface area (Å²) >= 11 is 5.18. The summed E-state index contributed by atoms with van der Waals surface area (Å²) in [6, 6.07) is 6.16. The van der Waals surface area contributed by atoms with Gasteiger partial charge in [-0.3, -0.25) is 0 Å². The zero-order chi connectivity index (χ0) is 15.2. The van der Waals surface area contributed by atoms with E-state index in [9.17, 15) is 0 Å². The quantitative estimate of drug-likeness (QED) is 0.697. The molecule has 1 aliphatic rings. The summed E-state index contributed by atoms with van der Waals surface area (Å²) in [4.78, 5) is 9.10. The van der Waals surface area contributed by atoms with Gasteiger partial charge in [-0.2, -0.15) is 4.98 Å². The van der Waals surface area contributed by atoms with Crippen LogP contribution in [0.1, 0.15) is 36.0 Å². The highest BCUT2D eigenvalue weighted by Crippen LogP contribution is 2.37. The van der Waals surface area contributed by atoms with Crippen LogP contribution < -0.4 is 5.73 Å². The van der Waals surface area contributed by atoms with Crippen LogP contribution in [0.25, 0.3) is 10.2 Å². The average Bonchev–Trinajstić information content (AvgIpc) is 3.08. The van der Waals surface area contributed by atoms with Crippen molar-refractivity contribution in [3.63, 3.8) is 0 Å². The number of thiazole rings is 1. The van der Waals surface area contributed by atoms with Crippen molar-refractivity contribution in [2.24, 2.45) is 5.73 Å². The van der Waals surface area contributed by atoms with Gasteiger partial charge in [0.05, 0.1) is 20.8 Å². The van der Waals surface area contributed by atoms with Crippen LogP contribution in [-0.4, -0.2) is 15.1 Å². The Balaban J connectivity index is 0.00000156. The molecule has 1 fully saturated rings. The molecule has 2 N–H and O–H groups in total. The molecule has 1 saturated carbocycles. The molecule has 0 aliphatic heterocycles. The highest BCUT2D eigenvalue weighted by atomic mass is 79.9. The van der Waals surface area contributed by atoms with Gasteiger partial charge >= 0.3 is 0 Å². The Kier molecular flexibility index (Phi) is 4.73. The highest BCUT2D eigenvalue weighted by Gasteiger charge is 2.38. The molecule has 0 bridgehead atoms. The Bertz CT molecular complexity index is 830. The maximum absolute atomic E-state index is 6.21. The third-order valence-corrected chi connectivity index (χ3v) is 5.70. The van der Waals surface area contributed by atoms with Crippen molar-refractivity contribution >= 4 is 49.9 Å². The number of aryl methyl sites for hydroxylation is 2. The van der Waals surface area contributed by atoms with Gasteiger partial charge in [0.15, 0.2) is 5.82 Å². The number of benzene rings is 1. The second-order valence-corrected chi connectivity index (χ2v) is 7.77. The lowest BCUT2D eigenvalue weighted by Gasteiger charge is -2.34. The van der Waals surface area contributed by atoms with E-state index in [1.54, 1.807) is 11.3 Å². The molecular formula is C15H16BrClN4OS. The number of nitrogens with zero attached hydrogens (tertiary/aromatic N) is 3. The number of fused-ring (bicyclic) bond motifs is 1. The van der Waals surface area contributed by atoms with Crippen LogP contribution in [0.2, 0.25) is 0 Å². The minimum atomic E-state index is -0.357. The number of halogens is 2. The fourth-order valence-electron chi connectivity index (χ4n) is 2.61. The molecule has 8 heteroatoms. The predicted octanol–water partition coefficient (Wildman–Crippen LogP) is 3.99. The molecule has 4 rings (SSSR count). The molecular weight excluding hydrogens is 400 g/mol. The molecule has 0 atom stereocenters. The van der Waals surface area contributed by atoms with Crippen LogP contribution in [0, 0.1) is 0 Å². The van der Waals surface area contributed by atoms with Crippen LogP contribution in [0.15, 0.2) is 27.2 Å². The third-order valence-electron chi connectivity index (χ3n) is 4.11. The summed E-state index contributed by atoms with van der Waals surface area (Å²) in [6.07, 6.45) is 4.53. The fourth-order valence-corrected chi connectivity index (χ4v) is 3.91. The van der Waals surface area contributed by atoms with E-state index >= 15 is 0 Å². The SMILES string of the molecule is Cl.NC1(c2noc(CCc3nc4cc(Br)ccc4s3)n2)CCC1. The number of aromatic nitrogens is 3. The zero-order valence-electron chi connectivity index (χ0n) is 12.3. The summed E-state index contributed by atoms with van der Waals surface area (Å²) < 4.78 is 7.57. The standard InChI is InChI=1S/C15H15BrN4OS.ClH/c16-9-2-3-11-10(8-9)18-13(22-11)5-4-12-19-14(20-21-12)15(17)6-1-7-15;/h2-3,8H,1,4-7,17H2;1H. The maximum atomic E-state index is 6.21. The summed E-state index contributed by atoms with van der Waals surface area (Å²) in [5, 5.41) is 5.12. The van der Waals surface area contributed by atoms with E-state index < -0.39 is 0 Å². The van der Waals surface area contributed by atoms with Crippen molar-refractivity contribution in [1.82, 2.24) is 15.1 Å². The highest BCUT2D eigenvalue weighted by molar-refractivity contribution is 9.10. The fraction of sp³-hybridized carbons (Fsp3) is 0.400. The van der Waals surface area contributed by atoms with Crippen LogP contribution in [-0.2, 0) is 18.4 Å². The molecule has 0 spiro atoms. The first-order valence-corrected chi connectivity index (χ1v) is 8.90. The molecule has 5 nitrogen and oxygen atoms in total. The number of rotatable bonds is 4. The minimum absolute atomic E-state index is 0. The Labute approximate surface area is 152 Å². The Hall–Kier alpha value is -1.02. The first-order valence-electron chi connectivity index (χ1n) is 7.29. The lowest BCUT2D eigenvalue weighted by Crippen LogP contribution is -2.44. The van der Waals surface area contributed by atoms with Gasteiger partial charge in [0.25, 0.3) is 0 Å². The Morgan fingerprint density at radius 1 is 1.26 bits per heavy atom. The van der Waals surface area contributed by atoms with E-state index in [0.29, 0.717) is 18.1 Å². The van der Waals surface area contributed by atoms with E-state index in [2.05, 4.69) is 37.1 Å². The smallest absolute Gasteiger partial charge is 0.227 e.